The van der Waals surface area contributed by atoms with Crippen molar-refractivity contribution >= 4 is 28.3 Å². The van der Waals surface area contributed by atoms with Crippen LogP contribution in [0.1, 0.15) is 26.7 Å². The van der Waals surface area contributed by atoms with Gasteiger partial charge in [0, 0.05) is 36.1 Å². The molecule has 0 bridgehead atoms. The van der Waals surface area contributed by atoms with Crippen LogP contribution in [-0.4, -0.2) is 21.2 Å². The van der Waals surface area contributed by atoms with Crippen LogP contribution in [0.3, 0.4) is 0 Å². The molecule has 2 heterocycles. The fraction of sp³-hybridized carbons (Fsp3) is 0.0500. The number of ketones is 1. The van der Waals surface area contributed by atoms with Gasteiger partial charge >= 0.3 is 0 Å². The molecule has 4 aromatic rings. The van der Waals surface area contributed by atoms with E-state index in [0.29, 0.717) is 22.7 Å². The number of hydrogen-bond acceptors (Lipinski definition) is 4. The molecule has 0 saturated carbocycles. The normalized spacial score (nSPS) is 10.8. The molecule has 0 aliphatic rings. The number of para-hydroxylation sites is 1. The van der Waals surface area contributed by atoms with E-state index in [1.54, 1.807) is 54.3 Å². The summed E-state index contributed by atoms with van der Waals surface area (Å²) in [5.74, 6) is 0.0838. The summed E-state index contributed by atoms with van der Waals surface area (Å²) in [4.78, 5) is 28.8. The van der Waals surface area contributed by atoms with E-state index in [1.807, 2.05) is 24.3 Å². The summed E-state index contributed by atoms with van der Waals surface area (Å²) in [6.45, 7) is 0. The maximum Gasteiger partial charge on any atom is 0.291 e. The topological polar surface area (TPSA) is 77.1 Å². The first-order valence-corrected chi connectivity index (χ1v) is 8.04. The summed E-state index contributed by atoms with van der Waals surface area (Å²) in [5, 5.41) is 3.64. The average molecular weight is 345 g/mol. The standard InChI is InChI=1S/C20H15N3O3/c1-23-11-10-21-19(23)18(24)13-6-8-15(9-7-13)22-20(25)17-12-14-4-2-3-5-16(14)26-17/h2-12H,1H3,(H,22,25). The second-order valence-electron chi connectivity index (χ2n) is 5.87. The van der Waals surface area contributed by atoms with Crippen LogP contribution < -0.4 is 5.32 Å². The molecule has 1 N–H and O–H groups in total. The SMILES string of the molecule is Cn1ccnc1C(=O)c1ccc(NC(=O)c2cc3ccccc3o2)cc1. The number of hydrogen-bond donors (Lipinski definition) is 1. The van der Waals surface area contributed by atoms with Crippen molar-refractivity contribution in [3.8, 4) is 0 Å². The van der Waals surface area contributed by atoms with E-state index in [0.717, 1.165) is 5.39 Å². The first kappa shape index (κ1) is 15.8. The molecule has 0 fully saturated rings. The zero-order valence-corrected chi connectivity index (χ0v) is 14.0. The quantitative estimate of drug-likeness (QED) is 0.573. The number of carbonyl (C=O) groups excluding carboxylic acids is 2. The van der Waals surface area contributed by atoms with Crippen LogP contribution in [0.4, 0.5) is 5.69 Å². The predicted octanol–water partition coefficient (Wildman–Crippen LogP) is 3.65. The molecular weight excluding hydrogens is 330 g/mol. The van der Waals surface area contributed by atoms with Gasteiger partial charge in [0.25, 0.3) is 5.91 Å². The Morgan fingerprint density at radius 2 is 1.85 bits per heavy atom. The van der Waals surface area contributed by atoms with Gasteiger partial charge in [0.1, 0.15) is 5.58 Å². The fourth-order valence-electron chi connectivity index (χ4n) is 2.70. The molecule has 0 atom stereocenters. The molecule has 2 aromatic carbocycles. The second-order valence-corrected chi connectivity index (χ2v) is 5.87. The van der Waals surface area contributed by atoms with Crippen LogP contribution in [-0.2, 0) is 7.05 Å². The van der Waals surface area contributed by atoms with Crippen LogP contribution in [0.25, 0.3) is 11.0 Å². The number of rotatable bonds is 4. The summed E-state index contributed by atoms with van der Waals surface area (Å²) < 4.78 is 7.22. The Morgan fingerprint density at radius 3 is 2.54 bits per heavy atom. The van der Waals surface area contributed by atoms with E-state index in [2.05, 4.69) is 10.3 Å². The van der Waals surface area contributed by atoms with Crippen molar-refractivity contribution in [3.63, 3.8) is 0 Å². The summed E-state index contributed by atoms with van der Waals surface area (Å²) >= 11 is 0. The van der Waals surface area contributed by atoms with Crippen LogP contribution in [0.2, 0.25) is 0 Å². The Morgan fingerprint density at radius 1 is 1.08 bits per heavy atom. The number of imidazole rings is 1. The van der Waals surface area contributed by atoms with Crippen molar-refractivity contribution in [2.75, 3.05) is 5.32 Å². The maximum absolute atomic E-state index is 12.4. The lowest BCUT2D eigenvalue weighted by atomic mass is 10.1. The van der Waals surface area contributed by atoms with Gasteiger partial charge in [0.05, 0.1) is 0 Å². The van der Waals surface area contributed by atoms with Gasteiger partial charge in [-0.25, -0.2) is 4.98 Å². The van der Waals surface area contributed by atoms with E-state index < -0.39 is 0 Å². The van der Waals surface area contributed by atoms with E-state index >= 15 is 0 Å². The van der Waals surface area contributed by atoms with Gasteiger partial charge in [-0.1, -0.05) is 18.2 Å². The highest BCUT2D eigenvalue weighted by Crippen LogP contribution is 2.20. The molecule has 6 heteroatoms. The van der Waals surface area contributed by atoms with Gasteiger partial charge in [0.15, 0.2) is 11.6 Å². The number of carbonyl (C=O) groups is 2. The van der Waals surface area contributed by atoms with Crippen LogP contribution in [0, 0.1) is 0 Å². The van der Waals surface area contributed by atoms with E-state index in [9.17, 15) is 9.59 Å². The molecule has 0 radical (unpaired) electrons. The molecule has 0 spiro atoms. The number of nitrogens with zero attached hydrogens (tertiary/aromatic N) is 2. The third kappa shape index (κ3) is 2.88. The zero-order chi connectivity index (χ0) is 18.1. The molecule has 6 nitrogen and oxygen atoms in total. The van der Waals surface area contributed by atoms with Crippen LogP contribution in [0.5, 0.6) is 0 Å². The maximum atomic E-state index is 12.4. The molecule has 26 heavy (non-hydrogen) atoms. The highest BCUT2D eigenvalue weighted by molar-refractivity contribution is 6.07. The monoisotopic (exact) mass is 345 g/mol. The third-order valence-corrected chi connectivity index (χ3v) is 4.08. The molecule has 2 aromatic heterocycles. The molecular formula is C20H15N3O3. The fourth-order valence-corrected chi connectivity index (χ4v) is 2.70. The van der Waals surface area contributed by atoms with Gasteiger partial charge in [-0.15, -0.1) is 0 Å². The summed E-state index contributed by atoms with van der Waals surface area (Å²) in [6.07, 6.45) is 3.30. The third-order valence-electron chi connectivity index (χ3n) is 4.08. The minimum Gasteiger partial charge on any atom is -0.451 e. The van der Waals surface area contributed by atoms with E-state index in [-0.39, 0.29) is 17.5 Å². The molecule has 0 unspecified atom stereocenters. The second kappa shape index (κ2) is 6.33. The van der Waals surface area contributed by atoms with Gasteiger partial charge in [-0.05, 0) is 36.4 Å². The summed E-state index contributed by atoms with van der Waals surface area (Å²) in [7, 11) is 1.77. The lowest BCUT2D eigenvalue weighted by Gasteiger charge is -2.05. The number of aromatic nitrogens is 2. The highest BCUT2D eigenvalue weighted by Gasteiger charge is 2.15. The Balaban J connectivity index is 1.51. The van der Waals surface area contributed by atoms with Crippen molar-refractivity contribution in [2.24, 2.45) is 7.05 Å². The van der Waals surface area contributed by atoms with Gasteiger partial charge < -0.3 is 14.3 Å². The molecule has 0 saturated heterocycles. The predicted molar refractivity (Wildman–Crippen MR) is 97.2 cm³/mol. The first-order valence-electron chi connectivity index (χ1n) is 8.04. The Bertz CT molecular complexity index is 1070. The molecule has 4 rings (SSSR count). The van der Waals surface area contributed by atoms with Crippen LogP contribution >= 0.6 is 0 Å². The Labute approximate surface area is 149 Å². The number of aryl methyl sites for hydroxylation is 1. The minimum absolute atomic E-state index is 0.173. The van der Waals surface area contributed by atoms with E-state index in [4.69, 9.17) is 4.42 Å². The van der Waals surface area contributed by atoms with Crippen molar-refractivity contribution in [2.45, 2.75) is 0 Å². The van der Waals surface area contributed by atoms with E-state index in [1.165, 1.54) is 0 Å². The number of benzene rings is 2. The number of anilines is 1. The molecule has 0 aliphatic carbocycles. The average Bonchev–Trinajstić information content (AvgIpc) is 3.27. The van der Waals surface area contributed by atoms with Crippen molar-refractivity contribution in [3.05, 3.63) is 84.1 Å². The van der Waals surface area contributed by atoms with Gasteiger partial charge in [-0.3, -0.25) is 9.59 Å². The number of fused-ring (bicyclic) bond motifs is 1. The van der Waals surface area contributed by atoms with Crippen molar-refractivity contribution in [1.29, 1.82) is 0 Å². The summed E-state index contributed by atoms with van der Waals surface area (Å²) in [5.41, 5.74) is 1.74. The van der Waals surface area contributed by atoms with Crippen molar-refractivity contribution < 1.29 is 14.0 Å². The number of furan rings is 1. The first-order chi connectivity index (χ1) is 12.6. The number of nitrogens with one attached hydrogen (secondary N) is 1. The Hall–Kier alpha value is -3.67. The minimum atomic E-state index is -0.343. The summed E-state index contributed by atoms with van der Waals surface area (Å²) in [6, 6.07) is 15.8. The highest BCUT2D eigenvalue weighted by atomic mass is 16.3. The van der Waals surface area contributed by atoms with Gasteiger partial charge in [0.2, 0.25) is 5.78 Å². The molecule has 1 amide bonds. The smallest absolute Gasteiger partial charge is 0.291 e. The number of amides is 1. The molecule has 0 aliphatic heterocycles. The zero-order valence-electron chi connectivity index (χ0n) is 14.0. The molecule has 128 valence electrons. The van der Waals surface area contributed by atoms with Crippen LogP contribution in [0.15, 0.2) is 71.4 Å². The van der Waals surface area contributed by atoms with Crippen molar-refractivity contribution in [1.82, 2.24) is 9.55 Å². The largest absolute Gasteiger partial charge is 0.451 e. The lowest BCUT2D eigenvalue weighted by molar-refractivity contribution is 0.0997. The lowest BCUT2D eigenvalue weighted by Crippen LogP contribution is -2.12. The Kier molecular flexibility index (Phi) is 3.85. The van der Waals surface area contributed by atoms with Gasteiger partial charge in [-0.2, -0.15) is 0 Å².